The molecule has 0 aromatic heterocycles. The summed E-state index contributed by atoms with van der Waals surface area (Å²) in [6, 6.07) is 5.57. The van der Waals surface area contributed by atoms with Crippen LogP contribution >= 0.6 is 0 Å². The van der Waals surface area contributed by atoms with Gasteiger partial charge >= 0.3 is 12.4 Å². The number of amides is 1. The molecule has 1 aliphatic rings. The molecule has 3 rings (SSSR count). The van der Waals surface area contributed by atoms with E-state index in [4.69, 9.17) is 0 Å². The van der Waals surface area contributed by atoms with Crippen LogP contribution in [0.1, 0.15) is 30.0 Å². The molecule has 0 spiro atoms. The van der Waals surface area contributed by atoms with E-state index in [0.717, 1.165) is 0 Å². The minimum Gasteiger partial charge on any atom is -0.280 e. The highest BCUT2D eigenvalue weighted by Gasteiger charge is 2.38. The highest BCUT2D eigenvalue weighted by Crippen LogP contribution is 2.37. The zero-order valence-electron chi connectivity index (χ0n) is 16.2. The van der Waals surface area contributed by atoms with Crippen LogP contribution in [0.25, 0.3) is 0 Å². The average Bonchev–Trinajstić information content (AvgIpc) is 2.67. The van der Waals surface area contributed by atoms with Gasteiger partial charge in [-0.3, -0.25) is 9.52 Å². The van der Waals surface area contributed by atoms with Crippen LogP contribution in [0.5, 0.6) is 0 Å². The number of rotatable bonds is 4. The lowest BCUT2D eigenvalue weighted by Gasteiger charge is -2.19. The first-order chi connectivity index (χ1) is 14.7. The van der Waals surface area contributed by atoms with Crippen LogP contribution in [0.15, 0.2) is 52.5 Å². The molecule has 0 bridgehead atoms. The molecule has 2 aromatic carbocycles. The maximum absolute atomic E-state index is 13.0. The van der Waals surface area contributed by atoms with E-state index in [9.17, 15) is 39.6 Å². The highest BCUT2D eigenvalue weighted by molar-refractivity contribution is 7.92. The van der Waals surface area contributed by atoms with Gasteiger partial charge in [-0.05, 0) is 35.9 Å². The normalized spacial score (nSPS) is 17.5. The van der Waals surface area contributed by atoms with Gasteiger partial charge in [-0.1, -0.05) is 19.1 Å². The van der Waals surface area contributed by atoms with Gasteiger partial charge in [0.25, 0.3) is 10.0 Å². The standard InChI is InChI=1S/C19H15F6N3O3S/c1-10-6-16(29)26-27-17(10)11-2-4-14(5-3-11)28-32(30,31)15-8-12(18(20,21)22)7-13(9-15)19(23,24)25/h2-5,7-10,28H,6H2,1H3,(H,26,29)/t10-/m1/s1. The Labute approximate surface area is 178 Å². The molecule has 32 heavy (non-hydrogen) atoms. The van der Waals surface area contributed by atoms with Crippen molar-refractivity contribution in [2.24, 2.45) is 11.0 Å². The van der Waals surface area contributed by atoms with Crippen LogP contribution in [0.4, 0.5) is 32.0 Å². The maximum Gasteiger partial charge on any atom is 0.416 e. The van der Waals surface area contributed by atoms with Gasteiger partial charge in [0.1, 0.15) is 0 Å². The van der Waals surface area contributed by atoms with E-state index in [0.29, 0.717) is 11.3 Å². The van der Waals surface area contributed by atoms with Gasteiger partial charge in [-0.2, -0.15) is 31.4 Å². The lowest BCUT2D eigenvalue weighted by molar-refractivity contribution is -0.143. The summed E-state index contributed by atoms with van der Waals surface area (Å²) in [5, 5.41) is 3.94. The third-order valence-corrected chi connectivity index (χ3v) is 5.92. The number of carbonyl (C=O) groups is 1. The SMILES string of the molecule is C[C@@H]1CC(=O)NN=C1c1ccc(NS(=O)(=O)c2cc(C(F)(F)F)cc(C(F)(F)F)c2)cc1. The number of benzene rings is 2. The molecule has 0 unspecified atom stereocenters. The van der Waals surface area contributed by atoms with Crippen molar-refractivity contribution in [1.82, 2.24) is 5.43 Å². The number of hydrogen-bond donors (Lipinski definition) is 2. The Balaban J connectivity index is 1.92. The van der Waals surface area contributed by atoms with Crippen molar-refractivity contribution in [1.29, 1.82) is 0 Å². The van der Waals surface area contributed by atoms with Gasteiger partial charge in [0, 0.05) is 18.0 Å². The second-order valence-corrected chi connectivity index (χ2v) is 8.74. The molecule has 1 atom stereocenters. The van der Waals surface area contributed by atoms with Crippen LogP contribution in [0.2, 0.25) is 0 Å². The molecule has 2 aromatic rings. The Bertz CT molecular complexity index is 1140. The summed E-state index contributed by atoms with van der Waals surface area (Å²) in [6.07, 6.45) is -10.2. The minimum absolute atomic E-state index is 0.0900. The molecule has 1 aliphatic heterocycles. The first-order valence-electron chi connectivity index (χ1n) is 8.96. The lowest BCUT2D eigenvalue weighted by Crippen LogP contribution is -2.31. The molecule has 0 saturated heterocycles. The summed E-state index contributed by atoms with van der Waals surface area (Å²) in [5.74, 6) is -0.470. The second kappa shape index (κ2) is 8.11. The predicted molar refractivity (Wildman–Crippen MR) is 102 cm³/mol. The Kier molecular flexibility index (Phi) is 5.98. The first kappa shape index (κ1) is 23.6. The molecule has 0 aliphatic carbocycles. The van der Waals surface area contributed by atoms with Gasteiger partial charge in [-0.25, -0.2) is 13.8 Å². The van der Waals surface area contributed by atoms with Crippen molar-refractivity contribution < 1.29 is 39.6 Å². The molecule has 0 radical (unpaired) electrons. The number of hydrogen-bond acceptors (Lipinski definition) is 4. The summed E-state index contributed by atoms with van der Waals surface area (Å²) in [6.45, 7) is 1.76. The van der Waals surface area contributed by atoms with Crippen LogP contribution < -0.4 is 10.1 Å². The van der Waals surface area contributed by atoms with Gasteiger partial charge < -0.3 is 0 Å². The molecule has 172 valence electrons. The fourth-order valence-electron chi connectivity index (χ4n) is 3.01. The number of anilines is 1. The number of halogens is 6. The Morgan fingerprint density at radius 3 is 1.97 bits per heavy atom. The van der Waals surface area contributed by atoms with Crippen molar-refractivity contribution in [2.75, 3.05) is 4.72 Å². The van der Waals surface area contributed by atoms with Crippen LogP contribution in [-0.4, -0.2) is 20.0 Å². The Hall–Kier alpha value is -3.09. The van der Waals surface area contributed by atoms with Crippen LogP contribution in [0.3, 0.4) is 0 Å². The van der Waals surface area contributed by atoms with Crippen molar-refractivity contribution >= 4 is 27.3 Å². The average molecular weight is 479 g/mol. The maximum atomic E-state index is 13.0. The van der Waals surface area contributed by atoms with E-state index in [2.05, 4.69) is 10.5 Å². The predicted octanol–water partition coefficient (Wildman–Crippen LogP) is 4.39. The number of nitrogens with one attached hydrogen (secondary N) is 2. The molecule has 0 saturated carbocycles. The van der Waals surface area contributed by atoms with Crippen LogP contribution in [-0.2, 0) is 27.2 Å². The van der Waals surface area contributed by atoms with Gasteiger partial charge in [0.05, 0.1) is 21.7 Å². The summed E-state index contributed by atoms with van der Waals surface area (Å²) in [7, 11) is -4.77. The van der Waals surface area contributed by atoms with E-state index < -0.39 is 38.4 Å². The molecule has 6 nitrogen and oxygen atoms in total. The molecule has 1 heterocycles. The Morgan fingerprint density at radius 2 is 1.50 bits per heavy atom. The summed E-state index contributed by atoms with van der Waals surface area (Å²) >= 11 is 0. The fourth-order valence-corrected chi connectivity index (χ4v) is 4.14. The van der Waals surface area contributed by atoms with Crippen molar-refractivity contribution in [3.05, 3.63) is 59.2 Å². The van der Waals surface area contributed by atoms with Crippen molar-refractivity contribution in [2.45, 2.75) is 30.6 Å². The van der Waals surface area contributed by atoms with E-state index in [1.165, 1.54) is 24.3 Å². The summed E-state index contributed by atoms with van der Waals surface area (Å²) < 4.78 is 105. The van der Waals surface area contributed by atoms with Crippen LogP contribution in [0, 0.1) is 5.92 Å². The largest absolute Gasteiger partial charge is 0.416 e. The second-order valence-electron chi connectivity index (χ2n) is 7.06. The molecule has 13 heteroatoms. The molecular weight excluding hydrogens is 464 g/mol. The number of sulfonamides is 1. The zero-order chi connectivity index (χ0) is 23.9. The molecule has 2 N–H and O–H groups in total. The van der Waals surface area contributed by atoms with E-state index in [1.807, 2.05) is 4.72 Å². The number of hydrazone groups is 1. The van der Waals surface area contributed by atoms with Gasteiger partial charge in [0.2, 0.25) is 5.91 Å². The van der Waals surface area contributed by atoms with E-state index in [1.54, 1.807) is 6.92 Å². The first-order valence-corrected chi connectivity index (χ1v) is 10.4. The monoisotopic (exact) mass is 479 g/mol. The lowest BCUT2D eigenvalue weighted by atomic mass is 9.94. The Morgan fingerprint density at radius 1 is 0.969 bits per heavy atom. The zero-order valence-corrected chi connectivity index (χ0v) is 17.0. The quantitative estimate of drug-likeness (QED) is 0.638. The highest BCUT2D eigenvalue weighted by atomic mass is 32.2. The van der Waals surface area contributed by atoms with Gasteiger partial charge in [0.15, 0.2) is 0 Å². The van der Waals surface area contributed by atoms with Gasteiger partial charge in [-0.15, -0.1) is 0 Å². The summed E-state index contributed by atoms with van der Waals surface area (Å²) in [4.78, 5) is 10.1. The summed E-state index contributed by atoms with van der Waals surface area (Å²) in [5.41, 5.74) is -0.160. The van der Waals surface area contributed by atoms with Crippen molar-refractivity contribution in [3.8, 4) is 0 Å². The number of alkyl halides is 6. The third-order valence-electron chi connectivity index (χ3n) is 4.56. The topological polar surface area (TPSA) is 87.6 Å². The number of carbonyl (C=O) groups excluding carboxylic acids is 1. The fraction of sp³-hybridized carbons (Fsp3) is 0.263. The minimum atomic E-state index is -5.18. The molecule has 1 amide bonds. The molecule has 0 fully saturated rings. The molecular formula is C19H15F6N3O3S. The van der Waals surface area contributed by atoms with E-state index >= 15 is 0 Å². The van der Waals surface area contributed by atoms with Crippen molar-refractivity contribution in [3.63, 3.8) is 0 Å². The smallest absolute Gasteiger partial charge is 0.280 e. The number of nitrogens with zero attached hydrogens (tertiary/aromatic N) is 1. The third kappa shape index (κ3) is 5.21. The van der Waals surface area contributed by atoms with E-state index in [-0.39, 0.29) is 42.1 Å².